The average Bonchev–Trinajstić information content (AvgIpc) is 2.96. The molecule has 0 spiro atoms. The van der Waals surface area contributed by atoms with E-state index in [-0.39, 0.29) is 23.7 Å². The van der Waals surface area contributed by atoms with E-state index >= 15 is 0 Å². The topological polar surface area (TPSA) is 51.5 Å². The fourth-order valence-electron chi connectivity index (χ4n) is 2.17. The highest BCUT2D eigenvalue weighted by Gasteiger charge is 2.18. The van der Waals surface area contributed by atoms with E-state index < -0.39 is 5.97 Å². The van der Waals surface area contributed by atoms with Crippen LogP contribution in [0.3, 0.4) is 0 Å². The van der Waals surface area contributed by atoms with Crippen LogP contribution in [0.15, 0.2) is 40.8 Å². The van der Waals surface area contributed by atoms with Crippen molar-refractivity contribution in [1.82, 2.24) is 5.32 Å². The van der Waals surface area contributed by atoms with Gasteiger partial charge in [0.2, 0.25) is 5.76 Å². The Kier molecular flexibility index (Phi) is 4.75. The molecule has 1 aromatic carbocycles. The molecule has 0 fully saturated rings. The average molecular weight is 291 g/mol. The van der Waals surface area contributed by atoms with Crippen LogP contribution in [-0.4, -0.2) is 13.1 Å². The Hall–Kier alpha value is -2.14. The lowest BCUT2D eigenvalue weighted by Crippen LogP contribution is -2.23. The molecule has 21 heavy (non-hydrogen) atoms. The molecular weight excluding hydrogens is 273 g/mol. The number of esters is 1. The first-order valence-electron chi connectivity index (χ1n) is 6.71. The number of carbonyl (C=O) groups excluding carboxylic acids is 1. The third-order valence-corrected chi connectivity index (χ3v) is 3.31. The number of halogens is 1. The van der Waals surface area contributed by atoms with E-state index in [0.29, 0.717) is 11.3 Å². The van der Waals surface area contributed by atoms with Crippen molar-refractivity contribution in [3.63, 3.8) is 0 Å². The Morgan fingerprint density at radius 2 is 1.90 bits per heavy atom. The van der Waals surface area contributed by atoms with Gasteiger partial charge < -0.3 is 14.5 Å². The standard InChI is InChI=1S/C16H18FNO3/c1-10(12-6-4-5-7-13(12)17)18-11(2)14-8-9-15(21-14)16(19)20-3/h4-11,18H,1-3H3/t10-,11?/m1/s1. The highest BCUT2D eigenvalue weighted by atomic mass is 19.1. The van der Waals surface area contributed by atoms with Crippen LogP contribution in [0.5, 0.6) is 0 Å². The van der Waals surface area contributed by atoms with Gasteiger partial charge in [-0.1, -0.05) is 18.2 Å². The molecule has 1 unspecified atom stereocenters. The molecule has 2 atom stereocenters. The third kappa shape index (κ3) is 3.49. The van der Waals surface area contributed by atoms with Crippen molar-refractivity contribution in [2.45, 2.75) is 25.9 Å². The van der Waals surface area contributed by atoms with Gasteiger partial charge in [-0.2, -0.15) is 0 Å². The lowest BCUT2D eigenvalue weighted by Gasteiger charge is -2.19. The van der Waals surface area contributed by atoms with Gasteiger partial charge in [0.05, 0.1) is 13.2 Å². The van der Waals surface area contributed by atoms with Gasteiger partial charge in [0.25, 0.3) is 0 Å². The van der Waals surface area contributed by atoms with Crippen LogP contribution in [0.4, 0.5) is 4.39 Å². The second-order valence-electron chi connectivity index (χ2n) is 4.83. The zero-order valence-corrected chi connectivity index (χ0v) is 12.2. The number of hydrogen-bond donors (Lipinski definition) is 1. The van der Waals surface area contributed by atoms with Crippen molar-refractivity contribution < 1.29 is 18.3 Å². The fraction of sp³-hybridized carbons (Fsp3) is 0.312. The molecule has 0 aliphatic carbocycles. The van der Waals surface area contributed by atoms with Crippen LogP contribution in [0.1, 0.15) is 47.8 Å². The van der Waals surface area contributed by atoms with Crippen LogP contribution in [0.25, 0.3) is 0 Å². The summed E-state index contributed by atoms with van der Waals surface area (Å²) in [7, 11) is 1.30. The van der Waals surface area contributed by atoms with Crippen LogP contribution < -0.4 is 5.32 Å². The van der Waals surface area contributed by atoms with Crippen LogP contribution in [0.2, 0.25) is 0 Å². The molecule has 0 bridgehead atoms. The number of methoxy groups -OCH3 is 1. The number of carbonyl (C=O) groups is 1. The maximum atomic E-state index is 13.7. The van der Waals surface area contributed by atoms with Crippen LogP contribution in [0, 0.1) is 5.82 Å². The number of rotatable bonds is 5. The predicted molar refractivity (Wildman–Crippen MR) is 76.4 cm³/mol. The number of ether oxygens (including phenoxy) is 1. The number of nitrogens with one attached hydrogen (secondary N) is 1. The smallest absolute Gasteiger partial charge is 0.373 e. The summed E-state index contributed by atoms with van der Waals surface area (Å²) in [5.74, 6) is -0.0201. The summed E-state index contributed by atoms with van der Waals surface area (Å²) in [6.07, 6.45) is 0. The second-order valence-corrected chi connectivity index (χ2v) is 4.83. The van der Waals surface area contributed by atoms with E-state index in [1.807, 2.05) is 13.8 Å². The molecule has 0 aliphatic heterocycles. The van der Waals surface area contributed by atoms with Gasteiger partial charge in [0.15, 0.2) is 0 Å². The number of benzene rings is 1. The molecule has 0 saturated heterocycles. The van der Waals surface area contributed by atoms with E-state index in [1.54, 1.807) is 30.3 Å². The van der Waals surface area contributed by atoms with E-state index in [9.17, 15) is 9.18 Å². The Morgan fingerprint density at radius 3 is 2.57 bits per heavy atom. The van der Waals surface area contributed by atoms with Gasteiger partial charge in [-0.25, -0.2) is 9.18 Å². The molecular formula is C16H18FNO3. The summed E-state index contributed by atoms with van der Waals surface area (Å²) in [4.78, 5) is 11.4. The first-order valence-corrected chi connectivity index (χ1v) is 6.71. The van der Waals surface area contributed by atoms with Gasteiger partial charge >= 0.3 is 5.97 Å². The molecule has 0 saturated carbocycles. The molecule has 4 nitrogen and oxygen atoms in total. The lowest BCUT2D eigenvalue weighted by molar-refractivity contribution is 0.0562. The first kappa shape index (κ1) is 15.3. The highest BCUT2D eigenvalue weighted by molar-refractivity contribution is 5.86. The highest BCUT2D eigenvalue weighted by Crippen LogP contribution is 2.22. The summed E-state index contributed by atoms with van der Waals surface area (Å²) < 4.78 is 23.8. The molecule has 1 aromatic heterocycles. The lowest BCUT2D eigenvalue weighted by atomic mass is 10.1. The molecule has 5 heteroatoms. The Labute approximate surface area is 122 Å². The van der Waals surface area contributed by atoms with Crippen molar-refractivity contribution in [2.24, 2.45) is 0 Å². The maximum Gasteiger partial charge on any atom is 0.373 e. The monoisotopic (exact) mass is 291 g/mol. The molecule has 1 N–H and O–H groups in total. The minimum Gasteiger partial charge on any atom is -0.463 e. The van der Waals surface area contributed by atoms with E-state index in [2.05, 4.69) is 10.1 Å². The molecule has 1 heterocycles. The molecule has 0 radical (unpaired) electrons. The van der Waals surface area contributed by atoms with Crippen molar-refractivity contribution >= 4 is 5.97 Å². The Morgan fingerprint density at radius 1 is 1.19 bits per heavy atom. The van der Waals surface area contributed by atoms with Crippen LogP contribution >= 0.6 is 0 Å². The molecule has 0 amide bonds. The van der Waals surface area contributed by atoms with E-state index in [1.165, 1.54) is 13.2 Å². The first-order chi connectivity index (χ1) is 10.0. The van der Waals surface area contributed by atoms with Gasteiger partial charge in [0.1, 0.15) is 11.6 Å². The Balaban J connectivity index is 2.07. The van der Waals surface area contributed by atoms with E-state index in [4.69, 9.17) is 4.42 Å². The maximum absolute atomic E-state index is 13.7. The van der Waals surface area contributed by atoms with Gasteiger partial charge in [0, 0.05) is 11.6 Å². The summed E-state index contributed by atoms with van der Waals surface area (Å²) in [6, 6.07) is 9.53. The molecule has 2 rings (SSSR count). The van der Waals surface area contributed by atoms with Crippen molar-refractivity contribution in [1.29, 1.82) is 0 Å². The zero-order valence-electron chi connectivity index (χ0n) is 12.2. The zero-order chi connectivity index (χ0) is 15.4. The summed E-state index contributed by atoms with van der Waals surface area (Å²) >= 11 is 0. The van der Waals surface area contributed by atoms with Crippen molar-refractivity contribution in [2.75, 3.05) is 7.11 Å². The van der Waals surface area contributed by atoms with Gasteiger partial charge in [-0.3, -0.25) is 0 Å². The van der Waals surface area contributed by atoms with Crippen molar-refractivity contribution in [3.8, 4) is 0 Å². The minimum atomic E-state index is -0.518. The summed E-state index contributed by atoms with van der Waals surface area (Å²) in [5.41, 5.74) is 0.587. The third-order valence-electron chi connectivity index (χ3n) is 3.31. The fourth-order valence-corrected chi connectivity index (χ4v) is 2.17. The molecule has 2 aromatic rings. The Bertz CT molecular complexity index is 623. The largest absolute Gasteiger partial charge is 0.463 e. The normalized spacial score (nSPS) is 13.7. The SMILES string of the molecule is COC(=O)c1ccc(C(C)N[C@H](C)c2ccccc2F)o1. The van der Waals surface area contributed by atoms with Crippen molar-refractivity contribution in [3.05, 3.63) is 59.3 Å². The molecule has 112 valence electrons. The number of furan rings is 1. The summed E-state index contributed by atoms with van der Waals surface area (Å²) in [6.45, 7) is 3.76. The van der Waals surface area contributed by atoms with Crippen LogP contribution in [-0.2, 0) is 4.74 Å². The second kappa shape index (κ2) is 6.54. The molecule has 0 aliphatic rings. The minimum absolute atomic E-state index is 0.152. The van der Waals surface area contributed by atoms with Gasteiger partial charge in [-0.15, -0.1) is 0 Å². The predicted octanol–water partition coefficient (Wildman–Crippen LogP) is 3.62. The van der Waals surface area contributed by atoms with Gasteiger partial charge in [-0.05, 0) is 32.0 Å². The van der Waals surface area contributed by atoms with E-state index in [0.717, 1.165) is 0 Å². The summed E-state index contributed by atoms with van der Waals surface area (Å²) in [5, 5.41) is 3.24. The quantitative estimate of drug-likeness (QED) is 0.855. The number of hydrogen-bond acceptors (Lipinski definition) is 4.